The minimum Gasteiger partial charge on any atom is -0.468 e. The zero-order valence-corrected chi connectivity index (χ0v) is 25.5. The zero-order valence-electron chi connectivity index (χ0n) is 25.5. The van der Waals surface area contributed by atoms with Gasteiger partial charge in [0.05, 0.1) is 7.11 Å². The first kappa shape index (κ1) is 35.1. The van der Waals surface area contributed by atoms with Crippen LogP contribution in [0.15, 0.2) is 18.2 Å². The van der Waals surface area contributed by atoms with Crippen LogP contribution in [0.5, 0.6) is 11.5 Å². The van der Waals surface area contributed by atoms with E-state index in [1.807, 2.05) is 41.5 Å². The highest BCUT2D eigenvalue weighted by molar-refractivity contribution is 5.77. The van der Waals surface area contributed by atoms with Gasteiger partial charge in [-0.25, -0.2) is 0 Å². The van der Waals surface area contributed by atoms with Crippen molar-refractivity contribution < 1.29 is 38.1 Å². The molecule has 1 aromatic carbocycles. The van der Waals surface area contributed by atoms with E-state index in [9.17, 15) is 19.2 Å². The summed E-state index contributed by atoms with van der Waals surface area (Å²) in [5.74, 6) is -0.628. The maximum atomic E-state index is 12.6. The van der Waals surface area contributed by atoms with Crippen molar-refractivity contribution in [2.24, 2.45) is 17.8 Å². The summed E-state index contributed by atoms with van der Waals surface area (Å²) in [6.45, 7) is 14.0. The largest absolute Gasteiger partial charge is 0.468 e. The van der Waals surface area contributed by atoms with Crippen molar-refractivity contribution >= 4 is 23.9 Å². The van der Waals surface area contributed by atoms with Crippen LogP contribution in [0.3, 0.4) is 0 Å². The molecule has 0 amide bonds. The molecular formula is C31H49NO8. The molecule has 40 heavy (non-hydrogen) atoms. The smallest absolute Gasteiger partial charge is 0.323 e. The maximum absolute atomic E-state index is 12.6. The summed E-state index contributed by atoms with van der Waals surface area (Å²) in [7, 11) is 1.30. The van der Waals surface area contributed by atoms with Crippen LogP contribution in [0.25, 0.3) is 0 Å². The lowest BCUT2D eigenvalue weighted by Gasteiger charge is -2.21. The van der Waals surface area contributed by atoms with Gasteiger partial charge >= 0.3 is 23.9 Å². The van der Waals surface area contributed by atoms with E-state index < -0.39 is 30.1 Å². The number of rotatable bonds is 18. The molecule has 0 saturated heterocycles. The number of methoxy groups -OCH3 is 1. The fourth-order valence-corrected chi connectivity index (χ4v) is 3.69. The molecule has 0 heterocycles. The van der Waals surface area contributed by atoms with Crippen molar-refractivity contribution in [2.75, 3.05) is 13.7 Å². The lowest BCUT2D eigenvalue weighted by atomic mass is 10.0. The van der Waals surface area contributed by atoms with Crippen LogP contribution in [0.1, 0.15) is 92.6 Å². The Labute approximate surface area is 239 Å². The lowest BCUT2D eigenvalue weighted by Crippen LogP contribution is -2.43. The second kappa shape index (κ2) is 18.4. The van der Waals surface area contributed by atoms with Gasteiger partial charge in [-0.15, -0.1) is 0 Å². The van der Waals surface area contributed by atoms with Crippen LogP contribution in [0.4, 0.5) is 0 Å². The first-order valence-corrected chi connectivity index (χ1v) is 14.4. The SMILES string of the molecule is CCC(C)CC(=O)Oc1ccc(C[C@H](NCC(C)OC(=O)CCC(C)C)C(=O)OC)cc1OC(=O)CC(C)CC. The van der Waals surface area contributed by atoms with Crippen molar-refractivity contribution in [3.05, 3.63) is 23.8 Å². The molecule has 0 aliphatic heterocycles. The molecule has 0 aliphatic carbocycles. The Balaban J connectivity index is 3.04. The number of esters is 4. The van der Waals surface area contributed by atoms with Crippen LogP contribution in [-0.2, 0) is 35.1 Å². The predicted molar refractivity (Wildman–Crippen MR) is 153 cm³/mol. The first-order chi connectivity index (χ1) is 18.9. The Bertz CT molecular complexity index is 961. The molecule has 0 aliphatic rings. The standard InChI is InChI=1S/C31H49NO8/c1-9-21(5)15-29(34)39-26-13-12-24(18-27(26)40-30(35)16-22(6)10-2)17-25(31(36)37-8)32-19-23(7)38-28(33)14-11-20(3)4/h12-13,18,20-23,25,32H,9-11,14-17,19H2,1-8H3/t21?,22?,23?,25-/m0/s1. The van der Waals surface area contributed by atoms with Crippen molar-refractivity contribution in [3.8, 4) is 11.5 Å². The van der Waals surface area contributed by atoms with Crippen LogP contribution >= 0.6 is 0 Å². The molecule has 9 heteroatoms. The van der Waals surface area contributed by atoms with Gasteiger partial charge in [0.15, 0.2) is 11.5 Å². The lowest BCUT2D eigenvalue weighted by molar-refractivity contribution is -0.148. The Morgan fingerprint density at radius 3 is 1.93 bits per heavy atom. The molecule has 1 rings (SSSR count). The van der Waals surface area contributed by atoms with E-state index in [0.29, 0.717) is 17.9 Å². The topological polar surface area (TPSA) is 117 Å². The van der Waals surface area contributed by atoms with E-state index in [1.54, 1.807) is 25.1 Å². The molecular weight excluding hydrogens is 514 g/mol. The molecule has 0 radical (unpaired) electrons. The summed E-state index contributed by atoms with van der Waals surface area (Å²) in [5, 5.41) is 3.11. The van der Waals surface area contributed by atoms with E-state index in [2.05, 4.69) is 5.32 Å². The normalized spacial score (nSPS) is 14.1. The molecule has 4 atom stereocenters. The van der Waals surface area contributed by atoms with Crippen molar-refractivity contribution in [1.82, 2.24) is 5.32 Å². The fourth-order valence-electron chi connectivity index (χ4n) is 3.69. The third-order valence-electron chi connectivity index (χ3n) is 6.72. The molecule has 0 aromatic heterocycles. The van der Waals surface area contributed by atoms with Gasteiger partial charge in [-0.1, -0.05) is 60.5 Å². The summed E-state index contributed by atoms with van der Waals surface area (Å²) < 4.78 is 21.6. The van der Waals surface area contributed by atoms with Gasteiger partial charge in [0, 0.05) is 25.8 Å². The second-order valence-corrected chi connectivity index (χ2v) is 11.1. The van der Waals surface area contributed by atoms with E-state index >= 15 is 0 Å². The highest BCUT2D eigenvalue weighted by atomic mass is 16.6. The third kappa shape index (κ3) is 13.9. The van der Waals surface area contributed by atoms with Crippen molar-refractivity contribution in [2.45, 2.75) is 106 Å². The molecule has 1 N–H and O–H groups in total. The van der Waals surface area contributed by atoms with E-state index in [1.165, 1.54) is 7.11 Å². The van der Waals surface area contributed by atoms with Gasteiger partial charge in [-0.3, -0.25) is 19.2 Å². The average Bonchev–Trinajstić information content (AvgIpc) is 2.90. The van der Waals surface area contributed by atoms with Gasteiger partial charge in [0.1, 0.15) is 12.1 Å². The summed E-state index contributed by atoms with van der Waals surface area (Å²) in [4.78, 5) is 49.7. The Kier molecular flexibility index (Phi) is 16.2. The van der Waals surface area contributed by atoms with Crippen molar-refractivity contribution in [3.63, 3.8) is 0 Å². The first-order valence-electron chi connectivity index (χ1n) is 14.4. The highest BCUT2D eigenvalue weighted by Gasteiger charge is 2.23. The van der Waals surface area contributed by atoms with E-state index in [4.69, 9.17) is 18.9 Å². The summed E-state index contributed by atoms with van der Waals surface area (Å²) in [5.41, 5.74) is 0.664. The predicted octanol–water partition coefficient (Wildman–Crippen LogP) is 5.41. The van der Waals surface area contributed by atoms with Gasteiger partial charge < -0.3 is 24.3 Å². The quantitative estimate of drug-likeness (QED) is 0.185. The second-order valence-electron chi connectivity index (χ2n) is 11.1. The van der Waals surface area contributed by atoms with Gasteiger partial charge in [-0.2, -0.15) is 0 Å². The number of nitrogens with one attached hydrogen (secondary N) is 1. The van der Waals surface area contributed by atoms with Crippen LogP contribution < -0.4 is 14.8 Å². The molecule has 0 spiro atoms. The van der Waals surface area contributed by atoms with Crippen LogP contribution in [0, 0.1) is 17.8 Å². The molecule has 9 nitrogen and oxygen atoms in total. The van der Waals surface area contributed by atoms with Crippen LogP contribution in [-0.4, -0.2) is 49.7 Å². The van der Waals surface area contributed by atoms with Crippen molar-refractivity contribution in [1.29, 1.82) is 0 Å². The number of hydrogen-bond donors (Lipinski definition) is 1. The minimum absolute atomic E-state index is 0.124. The molecule has 3 unspecified atom stereocenters. The number of carbonyl (C=O) groups excluding carboxylic acids is 4. The van der Waals surface area contributed by atoms with E-state index in [0.717, 1.165) is 19.3 Å². The molecule has 0 bridgehead atoms. The number of hydrogen-bond acceptors (Lipinski definition) is 9. The van der Waals surface area contributed by atoms with E-state index in [-0.39, 0.29) is 55.1 Å². The Hall–Kier alpha value is -2.94. The molecule has 0 fully saturated rings. The molecule has 0 saturated carbocycles. The van der Waals surface area contributed by atoms with Gasteiger partial charge in [0.2, 0.25) is 0 Å². The Morgan fingerprint density at radius 1 is 0.825 bits per heavy atom. The van der Waals surface area contributed by atoms with Crippen LogP contribution in [0.2, 0.25) is 0 Å². The fraction of sp³-hybridized carbons (Fsp3) is 0.677. The monoisotopic (exact) mass is 563 g/mol. The summed E-state index contributed by atoms with van der Waals surface area (Å²) in [6.07, 6.45) is 2.97. The highest BCUT2D eigenvalue weighted by Crippen LogP contribution is 2.31. The average molecular weight is 564 g/mol. The molecule has 1 aromatic rings. The number of carbonyl (C=O) groups is 4. The molecule has 226 valence electrons. The van der Waals surface area contributed by atoms with Gasteiger partial charge in [-0.05, 0) is 55.2 Å². The number of benzene rings is 1. The minimum atomic E-state index is -0.746. The maximum Gasteiger partial charge on any atom is 0.323 e. The summed E-state index contributed by atoms with van der Waals surface area (Å²) >= 11 is 0. The third-order valence-corrected chi connectivity index (χ3v) is 6.72. The number of ether oxygens (including phenoxy) is 4. The zero-order chi connectivity index (χ0) is 30.2. The Morgan fingerprint density at radius 2 is 1.40 bits per heavy atom. The van der Waals surface area contributed by atoms with Gasteiger partial charge in [0.25, 0.3) is 0 Å². The summed E-state index contributed by atoms with van der Waals surface area (Å²) in [6, 6.07) is 4.14.